The highest BCUT2D eigenvalue weighted by atomic mass is 16.5. The zero-order chi connectivity index (χ0) is 15.7. The van der Waals surface area contributed by atoms with Gasteiger partial charge in [0, 0.05) is 12.5 Å². The number of benzene rings is 2. The van der Waals surface area contributed by atoms with Crippen molar-refractivity contribution in [2.45, 2.75) is 6.92 Å². The van der Waals surface area contributed by atoms with Crippen molar-refractivity contribution in [3.05, 3.63) is 77.4 Å². The van der Waals surface area contributed by atoms with Crippen molar-refractivity contribution in [2.75, 3.05) is 0 Å². The van der Waals surface area contributed by atoms with Crippen LogP contribution < -0.4 is 4.73 Å². The summed E-state index contributed by atoms with van der Waals surface area (Å²) in [5.74, 6) is -0.975. The topological polar surface area (TPSA) is 69.2 Å². The lowest BCUT2D eigenvalue weighted by atomic mass is 10.1. The summed E-state index contributed by atoms with van der Waals surface area (Å²) in [4.78, 5) is 10.9. The summed E-state index contributed by atoms with van der Waals surface area (Å²) < 4.78 is 2.58. The zero-order valence-electron chi connectivity index (χ0n) is 11.9. The standard InChI is InChI=1S/C17H14N2O3/c1-12-16(13-5-3-2-4-6-13)18(11-19(12)22)15-9-7-14(8-10-15)17(20)21/h2-11H,1H3,(H,20,21). The predicted molar refractivity (Wildman–Crippen MR) is 81.9 cm³/mol. The Hall–Kier alpha value is -3.08. The van der Waals surface area contributed by atoms with Gasteiger partial charge in [-0.05, 0) is 24.3 Å². The number of carboxylic acids is 1. The molecule has 22 heavy (non-hydrogen) atoms. The minimum atomic E-state index is -0.975. The van der Waals surface area contributed by atoms with E-state index in [9.17, 15) is 10.0 Å². The number of aromatic nitrogens is 2. The van der Waals surface area contributed by atoms with Gasteiger partial charge in [-0.25, -0.2) is 9.52 Å². The van der Waals surface area contributed by atoms with E-state index >= 15 is 0 Å². The SMILES string of the molecule is Cc1c(-c2ccccc2)n(-c2ccc(C(=O)O)cc2)c[n+]1[O-]. The molecule has 0 bridgehead atoms. The third-order valence-electron chi connectivity index (χ3n) is 3.57. The Balaban J connectivity index is 2.15. The number of rotatable bonds is 3. The minimum Gasteiger partial charge on any atom is -0.711 e. The molecule has 0 radical (unpaired) electrons. The van der Waals surface area contributed by atoms with Crippen LogP contribution >= 0.6 is 0 Å². The first kappa shape index (κ1) is 13.9. The van der Waals surface area contributed by atoms with Crippen molar-refractivity contribution < 1.29 is 14.6 Å². The number of carbonyl (C=O) groups is 1. The van der Waals surface area contributed by atoms with E-state index in [2.05, 4.69) is 0 Å². The second kappa shape index (κ2) is 5.37. The molecule has 1 aromatic heterocycles. The van der Waals surface area contributed by atoms with Gasteiger partial charge in [-0.2, -0.15) is 4.57 Å². The second-order valence-electron chi connectivity index (χ2n) is 4.96. The van der Waals surface area contributed by atoms with Gasteiger partial charge in [0.1, 0.15) is 5.69 Å². The van der Waals surface area contributed by atoms with Crippen LogP contribution in [0.25, 0.3) is 16.9 Å². The molecule has 2 aromatic carbocycles. The minimum absolute atomic E-state index is 0.212. The summed E-state index contributed by atoms with van der Waals surface area (Å²) in [5, 5.41) is 21.0. The summed E-state index contributed by atoms with van der Waals surface area (Å²) in [5.41, 5.74) is 3.26. The monoisotopic (exact) mass is 294 g/mol. The molecule has 0 unspecified atom stereocenters. The average molecular weight is 294 g/mol. The molecule has 110 valence electrons. The molecule has 0 aliphatic carbocycles. The maximum atomic E-state index is 12.0. The molecule has 0 saturated carbocycles. The number of hydrogen-bond donors (Lipinski definition) is 1. The van der Waals surface area contributed by atoms with E-state index in [1.807, 2.05) is 30.3 Å². The summed E-state index contributed by atoms with van der Waals surface area (Å²) in [6.07, 6.45) is 1.45. The molecule has 1 heterocycles. The van der Waals surface area contributed by atoms with E-state index in [0.717, 1.165) is 21.7 Å². The smallest absolute Gasteiger partial charge is 0.335 e. The fraction of sp³-hybridized carbons (Fsp3) is 0.0588. The van der Waals surface area contributed by atoms with Crippen molar-refractivity contribution in [2.24, 2.45) is 0 Å². The first-order valence-corrected chi connectivity index (χ1v) is 6.78. The lowest BCUT2D eigenvalue weighted by Gasteiger charge is -2.03. The number of aromatic carboxylic acids is 1. The molecule has 0 aliphatic rings. The van der Waals surface area contributed by atoms with Crippen LogP contribution in [0.3, 0.4) is 0 Å². The number of imidazole rings is 1. The molecule has 0 aliphatic heterocycles. The molecular formula is C17H14N2O3. The Morgan fingerprint density at radius 3 is 2.32 bits per heavy atom. The molecule has 1 N–H and O–H groups in total. The number of hydrogen-bond acceptors (Lipinski definition) is 2. The number of nitrogens with zero attached hydrogens (tertiary/aromatic N) is 2. The van der Waals surface area contributed by atoms with E-state index < -0.39 is 5.97 Å². The Labute approximate surface area is 127 Å². The quantitative estimate of drug-likeness (QED) is 0.596. The van der Waals surface area contributed by atoms with Crippen LogP contribution in [0.2, 0.25) is 0 Å². The molecule has 3 aromatic rings. The van der Waals surface area contributed by atoms with E-state index in [1.54, 1.807) is 23.6 Å². The van der Waals surface area contributed by atoms with Crippen LogP contribution in [0.4, 0.5) is 0 Å². The lowest BCUT2D eigenvalue weighted by Crippen LogP contribution is -2.26. The van der Waals surface area contributed by atoms with Gasteiger partial charge in [0.15, 0.2) is 11.4 Å². The van der Waals surface area contributed by atoms with Gasteiger partial charge in [-0.15, -0.1) is 0 Å². The Morgan fingerprint density at radius 2 is 1.73 bits per heavy atom. The van der Waals surface area contributed by atoms with E-state index in [4.69, 9.17) is 5.11 Å². The maximum absolute atomic E-state index is 12.0. The molecule has 5 nitrogen and oxygen atoms in total. The van der Waals surface area contributed by atoms with Crippen molar-refractivity contribution in [3.8, 4) is 16.9 Å². The average Bonchev–Trinajstić information content (AvgIpc) is 2.84. The molecule has 0 spiro atoms. The van der Waals surface area contributed by atoms with Crippen LogP contribution in [0, 0.1) is 12.1 Å². The first-order valence-electron chi connectivity index (χ1n) is 6.78. The van der Waals surface area contributed by atoms with Gasteiger partial charge < -0.3 is 10.3 Å². The molecule has 0 saturated heterocycles. The molecule has 0 amide bonds. The van der Waals surface area contributed by atoms with Crippen molar-refractivity contribution in [1.29, 1.82) is 0 Å². The van der Waals surface area contributed by atoms with Gasteiger partial charge in [0.25, 0.3) is 6.33 Å². The van der Waals surface area contributed by atoms with Crippen LogP contribution in [0.5, 0.6) is 0 Å². The van der Waals surface area contributed by atoms with Gasteiger partial charge >= 0.3 is 5.97 Å². The van der Waals surface area contributed by atoms with E-state index in [0.29, 0.717) is 5.69 Å². The summed E-state index contributed by atoms with van der Waals surface area (Å²) in [6, 6.07) is 16.0. The van der Waals surface area contributed by atoms with Crippen LogP contribution in [0.15, 0.2) is 60.9 Å². The zero-order valence-corrected chi connectivity index (χ0v) is 11.9. The largest absolute Gasteiger partial charge is 0.711 e. The Bertz CT molecular complexity index is 821. The van der Waals surface area contributed by atoms with Gasteiger partial charge in [-0.1, -0.05) is 30.3 Å². The fourth-order valence-electron chi connectivity index (χ4n) is 2.43. The van der Waals surface area contributed by atoms with E-state index in [-0.39, 0.29) is 5.56 Å². The fourth-order valence-corrected chi connectivity index (χ4v) is 2.43. The first-order chi connectivity index (χ1) is 10.6. The third kappa shape index (κ3) is 2.33. The highest BCUT2D eigenvalue weighted by molar-refractivity contribution is 5.87. The third-order valence-corrected chi connectivity index (χ3v) is 3.57. The lowest BCUT2D eigenvalue weighted by molar-refractivity contribution is -0.610. The molecule has 0 fully saturated rings. The number of carboxylic acid groups (broad SMARTS) is 1. The molecule has 3 rings (SSSR count). The van der Waals surface area contributed by atoms with Gasteiger partial charge in [-0.3, -0.25) is 0 Å². The molecule has 0 atom stereocenters. The molecule has 5 heteroatoms. The molecular weight excluding hydrogens is 280 g/mol. The van der Waals surface area contributed by atoms with Crippen LogP contribution in [0.1, 0.15) is 16.1 Å². The van der Waals surface area contributed by atoms with Crippen molar-refractivity contribution in [1.82, 2.24) is 4.57 Å². The summed E-state index contributed by atoms with van der Waals surface area (Å²) in [7, 11) is 0. The van der Waals surface area contributed by atoms with Gasteiger partial charge in [0.2, 0.25) is 0 Å². The van der Waals surface area contributed by atoms with Crippen molar-refractivity contribution >= 4 is 5.97 Å². The highest BCUT2D eigenvalue weighted by Crippen LogP contribution is 2.25. The summed E-state index contributed by atoms with van der Waals surface area (Å²) >= 11 is 0. The Kier molecular flexibility index (Phi) is 3.39. The van der Waals surface area contributed by atoms with E-state index in [1.165, 1.54) is 18.5 Å². The Morgan fingerprint density at radius 1 is 1.09 bits per heavy atom. The highest BCUT2D eigenvalue weighted by Gasteiger charge is 2.20. The van der Waals surface area contributed by atoms with Crippen LogP contribution in [-0.4, -0.2) is 15.6 Å². The van der Waals surface area contributed by atoms with Gasteiger partial charge in [0.05, 0.1) is 5.56 Å². The second-order valence-corrected chi connectivity index (χ2v) is 4.96. The van der Waals surface area contributed by atoms with Crippen LogP contribution in [-0.2, 0) is 0 Å². The predicted octanol–water partition coefficient (Wildman–Crippen LogP) is 2.78. The van der Waals surface area contributed by atoms with Crippen molar-refractivity contribution in [3.63, 3.8) is 0 Å². The summed E-state index contributed by atoms with van der Waals surface area (Å²) in [6.45, 7) is 1.76. The normalized spacial score (nSPS) is 10.6. The maximum Gasteiger partial charge on any atom is 0.335 e.